The van der Waals surface area contributed by atoms with Crippen LogP contribution in [0.3, 0.4) is 0 Å². The van der Waals surface area contributed by atoms with E-state index in [1.54, 1.807) is 24.5 Å². The summed E-state index contributed by atoms with van der Waals surface area (Å²) >= 11 is 0. The van der Waals surface area contributed by atoms with Gasteiger partial charge in [0.2, 0.25) is 5.95 Å². The number of aromatic nitrogens is 2. The predicted molar refractivity (Wildman–Crippen MR) is 118 cm³/mol. The van der Waals surface area contributed by atoms with Crippen molar-refractivity contribution in [2.24, 2.45) is 4.99 Å². The van der Waals surface area contributed by atoms with E-state index in [2.05, 4.69) is 49.8 Å². The van der Waals surface area contributed by atoms with E-state index < -0.39 is 0 Å². The molecule has 8 nitrogen and oxygen atoms in total. The fraction of sp³-hybridized carbons (Fsp3) is 0.381. The molecule has 1 atom stereocenters. The van der Waals surface area contributed by atoms with Gasteiger partial charge < -0.3 is 25.8 Å². The molecule has 0 spiro atoms. The third kappa shape index (κ3) is 4.68. The maximum absolute atomic E-state index is 13.2. The van der Waals surface area contributed by atoms with Gasteiger partial charge in [-0.05, 0) is 38.7 Å². The lowest BCUT2D eigenvalue weighted by Gasteiger charge is -2.43. The number of hydrogen-bond acceptors (Lipinski definition) is 8. The molecule has 0 saturated carbocycles. The van der Waals surface area contributed by atoms with Crippen molar-refractivity contribution in [1.82, 2.24) is 20.2 Å². The Hall–Kier alpha value is -3.20. The summed E-state index contributed by atoms with van der Waals surface area (Å²) in [6.07, 6.45) is 3.51. The number of benzene rings is 1. The van der Waals surface area contributed by atoms with Gasteiger partial charge >= 0.3 is 0 Å². The molecule has 9 heteroatoms. The number of rotatable bonds is 6. The van der Waals surface area contributed by atoms with Gasteiger partial charge in [-0.2, -0.15) is 9.97 Å². The molecule has 30 heavy (non-hydrogen) atoms. The molecule has 0 aliphatic carbocycles. The monoisotopic (exact) mass is 410 g/mol. The standard InChI is InChI=1S/C21H27FN8/c1-14(15-4-6-16(22)7-5-15)25-21-27-18(26-19-11-23-8-9-24-19)10-20(28-21)30-12-17(13-30)29(2)3/h4-10,14,17,23H,11-13H2,1-3H3,(H2,24,25,26,27,28)/t14-/m0/s1. The lowest BCUT2D eigenvalue weighted by Crippen LogP contribution is -2.57. The third-order valence-corrected chi connectivity index (χ3v) is 5.31. The molecule has 158 valence electrons. The van der Waals surface area contributed by atoms with Crippen molar-refractivity contribution in [3.8, 4) is 0 Å². The van der Waals surface area contributed by atoms with Crippen molar-refractivity contribution in [2.45, 2.75) is 19.0 Å². The Morgan fingerprint density at radius 2 is 1.97 bits per heavy atom. The van der Waals surface area contributed by atoms with Crippen molar-refractivity contribution in [1.29, 1.82) is 0 Å². The summed E-state index contributed by atoms with van der Waals surface area (Å²) in [6, 6.07) is 8.84. The quantitative estimate of drug-likeness (QED) is 0.675. The van der Waals surface area contributed by atoms with Gasteiger partial charge in [-0.25, -0.2) is 9.38 Å². The molecule has 3 N–H and O–H groups in total. The Morgan fingerprint density at radius 1 is 1.20 bits per heavy atom. The van der Waals surface area contributed by atoms with Crippen molar-refractivity contribution in [3.05, 3.63) is 54.1 Å². The van der Waals surface area contributed by atoms with Crippen LogP contribution in [0.25, 0.3) is 0 Å². The van der Waals surface area contributed by atoms with E-state index in [4.69, 9.17) is 4.98 Å². The van der Waals surface area contributed by atoms with Crippen LogP contribution in [0.15, 0.2) is 47.7 Å². The molecule has 4 rings (SSSR count). The lowest BCUT2D eigenvalue weighted by molar-refractivity contribution is 0.246. The number of nitrogens with zero attached hydrogens (tertiary/aromatic N) is 5. The molecular formula is C21H27FN8. The molecule has 3 heterocycles. The summed E-state index contributed by atoms with van der Waals surface area (Å²) in [5.74, 6) is 2.59. The van der Waals surface area contributed by atoms with Crippen LogP contribution in [0.4, 0.5) is 22.0 Å². The molecule has 0 radical (unpaired) electrons. The highest BCUT2D eigenvalue weighted by Gasteiger charge is 2.30. The van der Waals surface area contributed by atoms with Crippen LogP contribution < -0.4 is 20.9 Å². The molecule has 2 aliphatic rings. The fourth-order valence-corrected chi connectivity index (χ4v) is 3.33. The highest BCUT2D eigenvalue weighted by atomic mass is 19.1. The third-order valence-electron chi connectivity index (χ3n) is 5.31. The van der Waals surface area contributed by atoms with Crippen LogP contribution in [0.1, 0.15) is 18.5 Å². The minimum absolute atomic E-state index is 0.0729. The Bertz CT molecular complexity index is 935. The molecule has 1 aromatic heterocycles. The Kier molecular flexibility index (Phi) is 5.80. The number of aliphatic imine (C=N–C) groups is 1. The van der Waals surface area contributed by atoms with E-state index in [0.29, 0.717) is 24.4 Å². The first kappa shape index (κ1) is 20.1. The zero-order valence-corrected chi connectivity index (χ0v) is 17.4. The molecule has 1 aromatic carbocycles. The summed E-state index contributed by atoms with van der Waals surface area (Å²) in [5, 5.41) is 9.75. The fourth-order valence-electron chi connectivity index (χ4n) is 3.33. The summed E-state index contributed by atoms with van der Waals surface area (Å²) in [4.78, 5) is 18.1. The Labute approximate surface area is 175 Å². The maximum atomic E-state index is 13.2. The van der Waals surface area contributed by atoms with Crippen LogP contribution in [0, 0.1) is 5.82 Å². The van der Waals surface area contributed by atoms with Gasteiger partial charge in [-0.1, -0.05) is 12.1 Å². The Morgan fingerprint density at radius 3 is 2.63 bits per heavy atom. The van der Waals surface area contributed by atoms with Crippen LogP contribution in [-0.2, 0) is 0 Å². The molecule has 0 unspecified atom stereocenters. The number of nitrogens with one attached hydrogen (secondary N) is 3. The molecular weight excluding hydrogens is 383 g/mol. The summed E-state index contributed by atoms with van der Waals surface area (Å²) in [5.41, 5.74) is 0.961. The maximum Gasteiger partial charge on any atom is 0.227 e. The van der Waals surface area contributed by atoms with Gasteiger partial charge in [0.05, 0.1) is 12.6 Å². The van der Waals surface area contributed by atoms with Gasteiger partial charge in [0, 0.05) is 37.6 Å². The Balaban J connectivity index is 1.55. The first-order valence-electron chi connectivity index (χ1n) is 10.0. The van der Waals surface area contributed by atoms with E-state index in [9.17, 15) is 4.39 Å². The van der Waals surface area contributed by atoms with E-state index in [1.807, 2.05) is 13.0 Å². The van der Waals surface area contributed by atoms with Gasteiger partial charge in [0.25, 0.3) is 0 Å². The minimum atomic E-state index is -0.250. The van der Waals surface area contributed by atoms with Crippen molar-refractivity contribution in [3.63, 3.8) is 0 Å². The molecule has 1 fully saturated rings. The zero-order chi connectivity index (χ0) is 21.1. The van der Waals surface area contributed by atoms with E-state index >= 15 is 0 Å². The second kappa shape index (κ2) is 8.66. The number of halogens is 1. The lowest BCUT2D eigenvalue weighted by atomic mass is 10.1. The predicted octanol–water partition coefficient (Wildman–Crippen LogP) is 2.42. The second-order valence-electron chi connectivity index (χ2n) is 7.77. The minimum Gasteiger partial charge on any atom is -0.382 e. The molecule has 2 aliphatic heterocycles. The van der Waals surface area contributed by atoms with Crippen molar-refractivity contribution < 1.29 is 4.39 Å². The second-order valence-corrected chi connectivity index (χ2v) is 7.77. The van der Waals surface area contributed by atoms with E-state index in [0.717, 1.165) is 30.3 Å². The van der Waals surface area contributed by atoms with Crippen molar-refractivity contribution >= 4 is 23.4 Å². The SMILES string of the molecule is C[C@H](Nc1nc(NC2=NC=CNC2)cc(N2CC(N(C)C)C2)n1)c1ccc(F)cc1. The number of amidine groups is 1. The number of anilines is 3. The summed E-state index contributed by atoms with van der Waals surface area (Å²) < 4.78 is 13.2. The van der Waals surface area contributed by atoms with Crippen LogP contribution in [0.5, 0.6) is 0 Å². The molecule has 2 aromatic rings. The first-order chi connectivity index (χ1) is 14.5. The molecule has 0 bridgehead atoms. The smallest absolute Gasteiger partial charge is 0.227 e. The normalized spacial score (nSPS) is 17.2. The number of likely N-dealkylation sites (N-methyl/N-ethyl adjacent to an activating group) is 1. The topological polar surface area (TPSA) is 80.7 Å². The molecule has 1 saturated heterocycles. The van der Waals surface area contributed by atoms with Crippen LogP contribution >= 0.6 is 0 Å². The van der Waals surface area contributed by atoms with Gasteiger partial charge in [-0.3, -0.25) is 0 Å². The van der Waals surface area contributed by atoms with Crippen molar-refractivity contribution in [2.75, 3.05) is 49.3 Å². The largest absolute Gasteiger partial charge is 0.382 e. The van der Waals surface area contributed by atoms with E-state index in [1.165, 1.54) is 12.1 Å². The van der Waals surface area contributed by atoms with Gasteiger partial charge in [0.15, 0.2) is 0 Å². The highest BCUT2D eigenvalue weighted by Crippen LogP contribution is 2.26. The zero-order valence-electron chi connectivity index (χ0n) is 17.4. The average Bonchev–Trinajstić information content (AvgIpc) is 2.67. The summed E-state index contributed by atoms with van der Waals surface area (Å²) in [6.45, 7) is 4.45. The average molecular weight is 411 g/mol. The molecule has 0 amide bonds. The van der Waals surface area contributed by atoms with Gasteiger partial charge in [0.1, 0.15) is 23.3 Å². The number of hydrogen-bond donors (Lipinski definition) is 3. The highest BCUT2D eigenvalue weighted by molar-refractivity contribution is 5.97. The van der Waals surface area contributed by atoms with E-state index in [-0.39, 0.29) is 11.9 Å². The van der Waals surface area contributed by atoms with Crippen LogP contribution in [-0.4, -0.2) is 60.5 Å². The summed E-state index contributed by atoms with van der Waals surface area (Å²) in [7, 11) is 4.18. The first-order valence-corrected chi connectivity index (χ1v) is 10.0. The van der Waals surface area contributed by atoms with Crippen LogP contribution in [0.2, 0.25) is 0 Å². The van der Waals surface area contributed by atoms with Gasteiger partial charge in [-0.15, -0.1) is 0 Å².